The van der Waals surface area contributed by atoms with Gasteiger partial charge in [0.25, 0.3) is 0 Å². The van der Waals surface area contributed by atoms with Crippen molar-refractivity contribution in [2.75, 3.05) is 6.61 Å². The summed E-state index contributed by atoms with van der Waals surface area (Å²) >= 11 is 0. The number of carbonyl (C=O) groups excluding carboxylic acids is 1. The number of rotatable bonds is 19. The fourth-order valence-corrected chi connectivity index (χ4v) is 3.68. The molecule has 0 saturated heterocycles. The minimum absolute atomic E-state index is 0.183. The van der Waals surface area contributed by atoms with Crippen LogP contribution >= 0.6 is 8.61 Å². The third kappa shape index (κ3) is 14.0. The zero-order chi connectivity index (χ0) is 21.0. The predicted octanol–water partition coefficient (Wildman–Crippen LogP) is 4.97. The van der Waals surface area contributed by atoms with Crippen molar-refractivity contribution in [1.82, 2.24) is 4.67 Å². The number of allylic oxidation sites excluding steroid dienone is 2. The minimum Gasteiger partial charge on any atom is -0.480 e. The van der Waals surface area contributed by atoms with Crippen LogP contribution in [0.2, 0.25) is 0 Å². The van der Waals surface area contributed by atoms with Crippen LogP contribution in [0.25, 0.3) is 0 Å². The second kappa shape index (κ2) is 19.2. The molecule has 2 N–H and O–H groups in total. The summed E-state index contributed by atoms with van der Waals surface area (Å²) in [5.74, 6) is -1.78. The average Bonchev–Trinajstić information content (AvgIpc) is 2.68. The standard InChI is InChI=1S/C21H40NO5P/c1-2-3-4-5-6-7-8-9-10-11-12-13-14-15-16-17-20(24)22(28-27)19(18-23)21(25)26/h7-8,19,23H,2-6,9-18,28H2,1H3,(H,25,26). The highest BCUT2D eigenvalue weighted by Crippen LogP contribution is 2.17. The summed E-state index contributed by atoms with van der Waals surface area (Å²) in [6.07, 6.45) is 19.8. The van der Waals surface area contributed by atoms with E-state index in [0.717, 1.165) is 30.4 Å². The van der Waals surface area contributed by atoms with Gasteiger partial charge in [0.05, 0.1) is 6.61 Å². The first-order chi connectivity index (χ1) is 13.6. The minimum atomic E-state index is -1.70. The molecule has 6 nitrogen and oxygen atoms in total. The topological polar surface area (TPSA) is 94.9 Å². The fraction of sp³-hybridized carbons (Fsp3) is 0.810. The summed E-state index contributed by atoms with van der Waals surface area (Å²) in [7, 11) is -1.70. The molecular formula is C21H40NO5P. The van der Waals surface area contributed by atoms with Gasteiger partial charge in [0.15, 0.2) is 14.7 Å². The average molecular weight is 418 g/mol. The number of carboxylic acids is 1. The Hall–Kier alpha value is -1.13. The van der Waals surface area contributed by atoms with Crippen molar-refractivity contribution < 1.29 is 24.4 Å². The quantitative estimate of drug-likeness (QED) is 0.176. The maximum absolute atomic E-state index is 12.0. The monoisotopic (exact) mass is 417 g/mol. The summed E-state index contributed by atoms with van der Waals surface area (Å²) in [5, 5.41) is 18.0. The van der Waals surface area contributed by atoms with Crippen LogP contribution in [0, 0.1) is 0 Å². The van der Waals surface area contributed by atoms with Crippen LogP contribution < -0.4 is 0 Å². The Labute approximate surface area is 171 Å². The fourth-order valence-electron chi connectivity index (χ4n) is 3.07. The molecule has 2 unspecified atom stereocenters. The molecule has 0 aromatic heterocycles. The molecule has 2 atom stereocenters. The summed E-state index contributed by atoms with van der Waals surface area (Å²) in [4.78, 5) is 22.9. The van der Waals surface area contributed by atoms with Gasteiger partial charge < -0.3 is 14.8 Å². The Bertz CT molecular complexity index is 456. The predicted molar refractivity (Wildman–Crippen MR) is 115 cm³/mol. The van der Waals surface area contributed by atoms with E-state index in [4.69, 9.17) is 10.2 Å². The van der Waals surface area contributed by atoms with Crippen LogP contribution in [0.3, 0.4) is 0 Å². The lowest BCUT2D eigenvalue weighted by atomic mass is 10.1. The third-order valence-corrected chi connectivity index (χ3v) is 5.72. The number of amides is 1. The van der Waals surface area contributed by atoms with Crippen molar-refractivity contribution >= 4 is 20.5 Å². The normalized spacial score (nSPS) is 12.8. The molecule has 0 heterocycles. The molecule has 0 aliphatic carbocycles. The van der Waals surface area contributed by atoms with Crippen molar-refractivity contribution in [3.8, 4) is 0 Å². The smallest absolute Gasteiger partial charge is 0.329 e. The molecule has 0 radical (unpaired) electrons. The number of carbonyl (C=O) groups is 2. The number of aliphatic carboxylic acids is 1. The Kier molecular flexibility index (Phi) is 18.4. The van der Waals surface area contributed by atoms with E-state index in [-0.39, 0.29) is 6.42 Å². The highest BCUT2D eigenvalue weighted by atomic mass is 31.1. The molecule has 164 valence electrons. The van der Waals surface area contributed by atoms with Gasteiger partial charge in [0.2, 0.25) is 5.91 Å². The van der Waals surface area contributed by atoms with Gasteiger partial charge in [-0.05, 0) is 32.1 Å². The summed E-state index contributed by atoms with van der Waals surface area (Å²) < 4.78 is 11.9. The number of aliphatic hydroxyl groups excluding tert-OH is 1. The van der Waals surface area contributed by atoms with Gasteiger partial charge in [-0.1, -0.05) is 70.4 Å². The van der Waals surface area contributed by atoms with E-state index in [0.29, 0.717) is 6.42 Å². The Morgan fingerprint density at radius 1 is 0.893 bits per heavy atom. The number of carboxylic acid groups (broad SMARTS) is 1. The Morgan fingerprint density at radius 3 is 1.86 bits per heavy atom. The van der Waals surface area contributed by atoms with Gasteiger partial charge >= 0.3 is 5.97 Å². The van der Waals surface area contributed by atoms with Crippen molar-refractivity contribution in [1.29, 1.82) is 0 Å². The maximum Gasteiger partial charge on any atom is 0.329 e. The number of nitrogens with zero attached hydrogens (tertiary/aromatic N) is 1. The van der Waals surface area contributed by atoms with Gasteiger partial charge in [-0.25, -0.2) is 4.79 Å². The molecule has 7 heteroatoms. The first-order valence-corrected chi connectivity index (χ1v) is 11.8. The Morgan fingerprint density at radius 2 is 1.39 bits per heavy atom. The van der Waals surface area contributed by atoms with E-state index < -0.39 is 33.1 Å². The molecule has 0 aliphatic heterocycles. The van der Waals surface area contributed by atoms with Gasteiger partial charge in [0, 0.05) is 6.42 Å². The number of unbranched alkanes of at least 4 members (excludes halogenated alkanes) is 11. The van der Waals surface area contributed by atoms with Crippen molar-refractivity contribution in [2.24, 2.45) is 0 Å². The van der Waals surface area contributed by atoms with Crippen LogP contribution in [0.5, 0.6) is 0 Å². The van der Waals surface area contributed by atoms with E-state index in [1.165, 1.54) is 51.4 Å². The number of aliphatic hydroxyl groups is 1. The van der Waals surface area contributed by atoms with E-state index >= 15 is 0 Å². The summed E-state index contributed by atoms with van der Waals surface area (Å²) in [6, 6.07) is -1.40. The molecule has 0 aromatic rings. The van der Waals surface area contributed by atoms with Gasteiger partial charge in [0.1, 0.15) is 0 Å². The van der Waals surface area contributed by atoms with Crippen molar-refractivity contribution in [2.45, 2.75) is 103 Å². The summed E-state index contributed by atoms with van der Waals surface area (Å²) in [6.45, 7) is 1.51. The van der Waals surface area contributed by atoms with E-state index in [2.05, 4.69) is 19.1 Å². The summed E-state index contributed by atoms with van der Waals surface area (Å²) in [5.41, 5.74) is 0. The van der Waals surface area contributed by atoms with Crippen molar-refractivity contribution in [3.05, 3.63) is 12.2 Å². The molecule has 0 aliphatic rings. The molecule has 28 heavy (non-hydrogen) atoms. The van der Waals surface area contributed by atoms with Crippen LogP contribution in [-0.4, -0.2) is 39.4 Å². The van der Waals surface area contributed by atoms with Crippen LogP contribution in [-0.2, 0) is 14.2 Å². The first kappa shape index (κ1) is 26.9. The lowest BCUT2D eigenvalue weighted by Crippen LogP contribution is -2.41. The molecule has 0 bridgehead atoms. The van der Waals surface area contributed by atoms with Crippen LogP contribution in [0.4, 0.5) is 0 Å². The maximum atomic E-state index is 12.0. The zero-order valence-corrected chi connectivity index (χ0v) is 18.6. The highest BCUT2D eigenvalue weighted by molar-refractivity contribution is 7.22. The molecule has 0 spiro atoms. The van der Waals surface area contributed by atoms with Crippen molar-refractivity contribution in [3.63, 3.8) is 0 Å². The number of hydrogen-bond donors (Lipinski definition) is 2. The molecule has 0 aromatic carbocycles. The lowest BCUT2D eigenvalue weighted by Gasteiger charge is -2.22. The second-order valence-electron chi connectivity index (χ2n) is 7.28. The van der Waals surface area contributed by atoms with Crippen LogP contribution in [0.1, 0.15) is 96.8 Å². The largest absolute Gasteiger partial charge is 0.480 e. The van der Waals surface area contributed by atoms with E-state index in [1.54, 1.807) is 0 Å². The molecular weight excluding hydrogens is 377 g/mol. The SMILES string of the molecule is CCCCCCC=CCCCCCCCCCC(=O)N([PH2]=O)C(CO)C(=O)O. The molecule has 1 amide bonds. The first-order valence-electron chi connectivity index (χ1n) is 10.8. The second-order valence-corrected chi connectivity index (χ2v) is 8.04. The zero-order valence-electron chi connectivity index (χ0n) is 17.5. The molecule has 0 rings (SSSR count). The molecule has 0 saturated carbocycles. The van der Waals surface area contributed by atoms with Gasteiger partial charge in [-0.3, -0.25) is 9.46 Å². The number of hydrogen-bond acceptors (Lipinski definition) is 4. The third-order valence-electron chi connectivity index (χ3n) is 4.85. The van der Waals surface area contributed by atoms with E-state index in [9.17, 15) is 14.2 Å². The molecule has 0 fully saturated rings. The van der Waals surface area contributed by atoms with Crippen LogP contribution in [0.15, 0.2) is 12.2 Å². The van der Waals surface area contributed by atoms with Gasteiger partial charge in [-0.15, -0.1) is 0 Å². The van der Waals surface area contributed by atoms with Gasteiger partial charge in [-0.2, -0.15) is 0 Å². The van der Waals surface area contributed by atoms with E-state index in [1.807, 2.05) is 0 Å². The highest BCUT2D eigenvalue weighted by Gasteiger charge is 2.27. The Balaban J connectivity index is 3.61. The lowest BCUT2D eigenvalue weighted by molar-refractivity contribution is -0.147.